The Hall–Kier alpha value is -1.32. The standard InChI is InChI=1S/C20H31N3/c1-15(2)23-14-18(6-5-9-22-10-7-21-8-11-22)20-17(4)12-16(3)13-19(20)23/h12-15,21H,5-11H2,1-4H3. The van der Waals surface area contributed by atoms with Crippen molar-refractivity contribution in [1.29, 1.82) is 0 Å². The molecule has 0 saturated carbocycles. The molecule has 1 saturated heterocycles. The molecule has 2 heterocycles. The van der Waals surface area contributed by atoms with Crippen LogP contribution in [0.1, 0.15) is 43.0 Å². The summed E-state index contributed by atoms with van der Waals surface area (Å²) >= 11 is 0. The summed E-state index contributed by atoms with van der Waals surface area (Å²) in [6, 6.07) is 5.19. The van der Waals surface area contributed by atoms with Crippen LogP contribution in [0.25, 0.3) is 10.9 Å². The normalized spacial score (nSPS) is 16.6. The smallest absolute Gasteiger partial charge is 0.0490 e. The van der Waals surface area contributed by atoms with Gasteiger partial charge in [-0.25, -0.2) is 0 Å². The van der Waals surface area contributed by atoms with Crippen LogP contribution in [0.5, 0.6) is 0 Å². The SMILES string of the molecule is Cc1cc(C)c2c(CCCN3CCNCC3)cn(C(C)C)c2c1. The van der Waals surface area contributed by atoms with E-state index in [0.717, 1.165) is 13.1 Å². The second-order valence-corrected chi connectivity index (χ2v) is 7.33. The summed E-state index contributed by atoms with van der Waals surface area (Å²) in [7, 11) is 0. The molecule has 0 radical (unpaired) electrons. The van der Waals surface area contributed by atoms with E-state index in [4.69, 9.17) is 0 Å². The van der Waals surface area contributed by atoms with E-state index in [1.54, 1.807) is 0 Å². The van der Waals surface area contributed by atoms with Gasteiger partial charge in [0, 0.05) is 49.3 Å². The Kier molecular flexibility index (Phi) is 5.08. The van der Waals surface area contributed by atoms with Gasteiger partial charge in [0.05, 0.1) is 0 Å². The van der Waals surface area contributed by atoms with Crippen molar-refractivity contribution in [1.82, 2.24) is 14.8 Å². The van der Waals surface area contributed by atoms with E-state index in [2.05, 4.69) is 60.8 Å². The van der Waals surface area contributed by atoms with Crippen molar-refractivity contribution in [3.05, 3.63) is 35.0 Å². The number of hydrogen-bond acceptors (Lipinski definition) is 2. The van der Waals surface area contributed by atoms with E-state index < -0.39 is 0 Å². The molecule has 1 aliphatic rings. The molecule has 1 aliphatic heterocycles. The van der Waals surface area contributed by atoms with Crippen LogP contribution in [-0.4, -0.2) is 42.2 Å². The van der Waals surface area contributed by atoms with Crippen LogP contribution in [0.2, 0.25) is 0 Å². The van der Waals surface area contributed by atoms with Crippen LogP contribution in [-0.2, 0) is 6.42 Å². The summed E-state index contributed by atoms with van der Waals surface area (Å²) in [5.74, 6) is 0. The zero-order chi connectivity index (χ0) is 16.4. The fraction of sp³-hybridized carbons (Fsp3) is 0.600. The van der Waals surface area contributed by atoms with E-state index in [0.29, 0.717) is 6.04 Å². The first-order valence-electron chi connectivity index (χ1n) is 9.10. The number of fused-ring (bicyclic) bond motifs is 1. The van der Waals surface area contributed by atoms with Crippen LogP contribution in [0.3, 0.4) is 0 Å². The van der Waals surface area contributed by atoms with Crippen molar-refractivity contribution < 1.29 is 0 Å². The number of hydrogen-bond donors (Lipinski definition) is 1. The molecule has 2 aromatic rings. The van der Waals surface area contributed by atoms with Crippen molar-refractivity contribution in [3.8, 4) is 0 Å². The number of benzene rings is 1. The van der Waals surface area contributed by atoms with E-state index in [1.807, 2.05) is 0 Å². The molecule has 1 fully saturated rings. The fourth-order valence-corrected chi connectivity index (χ4v) is 3.91. The third-order valence-electron chi connectivity index (χ3n) is 5.04. The van der Waals surface area contributed by atoms with Gasteiger partial charge >= 0.3 is 0 Å². The maximum Gasteiger partial charge on any atom is 0.0490 e. The minimum Gasteiger partial charge on any atom is -0.345 e. The van der Waals surface area contributed by atoms with Gasteiger partial charge in [0.25, 0.3) is 0 Å². The molecule has 0 atom stereocenters. The lowest BCUT2D eigenvalue weighted by molar-refractivity contribution is 0.238. The first-order chi connectivity index (χ1) is 11.1. The van der Waals surface area contributed by atoms with Gasteiger partial charge in [-0.3, -0.25) is 0 Å². The van der Waals surface area contributed by atoms with Crippen LogP contribution in [0.15, 0.2) is 18.3 Å². The minimum absolute atomic E-state index is 0.514. The molecule has 23 heavy (non-hydrogen) atoms. The molecule has 0 amide bonds. The summed E-state index contributed by atoms with van der Waals surface area (Å²) in [5.41, 5.74) is 5.73. The molecule has 3 heteroatoms. The van der Waals surface area contributed by atoms with Crippen LogP contribution < -0.4 is 5.32 Å². The lowest BCUT2D eigenvalue weighted by atomic mass is 10.0. The predicted molar refractivity (Wildman–Crippen MR) is 99.4 cm³/mol. The average Bonchev–Trinajstić information content (AvgIpc) is 2.87. The Balaban J connectivity index is 1.79. The van der Waals surface area contributed by atoms with E-state index in [-0.39, 0.29) is 0 Å². The molecule has 1 aromatic heterocycles. The predicted octanol–water partition coefficient (Wildman–Crippen LogP) is 3.68. The summed E-state index contributed by atoms with van der Waals surface area (Å²) in [6.07, 6.45) is 4.84. The Bertz CT molecular complexity index is 663. The maximum absolute atomic E-state index is 3.43. The van der Waals surface area contributed by atoms with Gasteiger partial charge in [-0.05, 0) is 69.8 Å². The Labute approximate surface area is 140 Å². The average molecular weight is 313 g/mol. The monoisotopic (exact) mass is 313 g/mol. The number of aromatic nitrogens is 1. The molecule has 1 aromatic carbocycles. The number of piperazine rings is 1. The molecular formula is C20H31N3. The van der Waals surface area contributed by atoms with Crippen LogP contribution in [0, 0.1) is 13.8 Å². The minimum atomic E-state index is 0.514. The molecule has 126 valence electrons. The summed E-state index contributed by atoms with van der Waals surface area (Å²) in [4.78, 5) is 2.59. The quantitative estimate of drug-likeness (QED) is 0.909. The number of nitrogens with zero attached hydrogens (tertiary/aromatic N) is 2. The molecule has 3 rings (SSSR count). The first-order valence-corrected chi connectivity index (χ1v) is 9.10. The van der Waals surface area contributed by atoms with Crippen LogP contribution >= 0.6 is 0 Å². The van der Waals surface area contributed by atoms with Gasteiger partial charge in [-0.1, -0.05) is 6.07 Å². The van der Waals surface area contributed by atoms with Gasteiger partial charge in [0.15, 0.2) is 0 Å². The topological polar surface area (TPSA) is 20.2 Å². The van der Waals surface area contributed by atoms with Crippen molar-refractivity contribution >= 4 is 10.9 Å². The molecule has 3 nitrogen and oxygen atoms in total. The molecular weight excluding hydrogens is 282 g/mol. The second-order valence-electron chi connectivity index (χ2n) is 7.33. The highest BCUT2D eigenvalue weighted by molar-refractivity contribution is 5.88. The molecule has 1 N–H and O–H groups in total. The number of aryl methyl sites for hydroxylation is 3. The molecule has 0 spiro atoms. The third-order valence-corrected chi connectivity index (χ3v) is 5.04. The van der Waals surface area contributed by atoms with Crippen LogP contribution in [0.4, 0.5) is 0 Å². The fourth-order valence-electron chi connectivity index (χ4n) is 3.91. The Morgan fingerprint density at radius 1 is 1.13 bits per heavy atom. The highest BCUT2D eigenvalue weighted by Gasteiger charge is 2.14. The molecule has 0 unspecified atom stereocenters. The van der Waals surface area contributed by atoms with E-state index in [9.17, 15) is 0 Å². The van der Waals surface area contributed by atoms with Gasteiger partial charge in [-0.2, -0.15) is 0 Å². The van der Waals surface area contributed by atoms with Gasteiger partial charge < -0.3 is 14.8 Å². The van der Waals surface area contributed by atoms with Crippen molar-refractivity contribution in [2.24, 2.45) is 0 Å². The summed E-state index contributed by atoms with van der Waals surface area (Å²) in [6.45, 7) is 14.9. The van der Waals surface area contributed by atoms with E-state index in [1.165, 1.54) is 60.1 Å². The van der Waals surface area contributed by atoms with Crippen molar-refractivity contribution in [2.75, 3.05) is 32.7 Å². The van der Waals surface area contributed by atoms with Crippen molar-refractivity contribution in [2.45, 2.75) is 46.6 Å². The number of rotatable bonds is 5. The highest BCUT2D eigenvalue weighted by Crippen LogP contribution is 2.29. The van der Waals surface area contributed by atoms with E-state index >= 15 is 0 Å². The zero-order valence-electron chi connectivity index (χ0n) is 15.2. The third kappa shape index (κ3) is 3.61. The Morgan fingerprint density at radius 2 is 1.87 bits per heavy atom. The first kappa shape index (κ1) is 16.5. The second kappa shape index (κ2) is 7.06. The van der Waals surface area contributed by atoms with Crippen molar-refractivity contribution in [3.63, 3.8) is 0 Å². The largest absolute Gasteiger partial charge is 0.345 e. The highest BCUT2D eigenvalue weighted by atomic mass is 15.2. The van der Waals surface area contributed by atoms with Gasteiger partial charge in [0.1, 0.15) is 0 Å². The number of nitrogens with one attached hydrogen (secondary N) is 1. The zero-order valence-corrected chi connectivity index (χ0v) is 15.2. The molecule has 0 bridgehead atoms. The maximum atomic E-state index is 3.43. The summed E-state index contributed by atoms with van der Waals surface area (Å²) < 4.78 is 2.45. The lowest BCUT2D eigenvalue weighted by Gasteiger charge is -2.27. The molecule has 0 aliphatic carbocycles. The summed E-state index contributed by atoms with van der Waals surface area (Å²) in [5, 5.41) is 4.92. The van der Waals surface area contributed by atoms with Gasteiger partial charge in [-0.15, -0.1) is 0 Å². The lowest BCUT2D eigenvalue weighted by Crippen LogP contribution is -2.43. The Morgan fingerprint density at radius 3 is 2.57 bits per heavy atom. The van der Waals surface area contributed by atoms with Gasteiger partial charge in [0.2, 0.25) is 0 Å².